The van der Waals surface area contributed by atoms with E-state index >= 15 is 0 Å². The van der Waals surface area contributed by atoms with Gasteiger partial charge in [-0.1, -0.05) is 6.08 Å². The molecule has 7 heteroatoms. The van der Waals surface area contributed by atoms with Crippen LogP contribution in [0.3, 0.4) is 0 Å². The van der Waals surface area contributed by atoms with E-state index in [9.17, 15) is 9.59 Å². The average Bonchev–Trinajstić information content (AvgIpc) is 3.31. The number of ether oxygens (including phenoxy) is 1. The van der Waals surface area contributed by atoms with E-state index in [1.165, 1.54) is 0 Å². The zero-order chi connectivity index (χ0) is 17.4. The quantitative estimate of drug-likeness (QED) is 0.619. The first-order chi connectivity index (χ1) is 12.2. The maximum absolute atomic E-state index is 12.5. The number of amides is 2. The van der Waals surface area contributed by atoms with Crippen molar-refractivity contribution in [3.8, 4) is 0 Å². The Morgan fingerprint density at radius 2 is 2.20 bits per heavy atom. The third-order valence-corrected chi connectivity index (χ3v) is 4.68. The number of carbonyl (C=O) groups is 2. The van der Waals surface area contributed by atoms with Crippen LogP contribution in [0.2, 0.25) is 0 Å². The van der Waals surface area contributed by atoms with E-state index in [2.05, 4.69) is 10.6 Å². The van der Waals surface area contributed by atoms with Crippen molar-refractivity contribution in [2.24, 2.45) is 0 Å². The van der Waals surface area contributed by atoms with Crippen LogP contribution in [0, 0.1) is 0 Å². The van der Waals surface area contributed by atoms with Gasteiger partial charge in [0.05, 0.1) is 17.4 Å². The van der Waals surface area contributed by atoms with Crippen LogP contribution < -0.4 is 10.6 Å². The molecule has 4 rings (SSSR count). The summed E-state index contributed by atoms with van der Waals surface area (Å²) in [6, 6.07) is 0. The molecule has 4 aliphatic rings. The highest BCUT2D eigenvalue weighted by Crippen LogP contribution is 2.38. The molecule has 0 bridgehead atoms. The molecule has 2 unspecified atom stereocenters. The first-order valence-electron chi connectivity index (χ1n) is 8.33. The molecule has 25 heavy (non-hydrogen) atoms. The van der Waals surface area contributed by atoms with Gasteiger partial charge in [-0.25, -0.2) is 0 Å². The van der Waals surface area contributed by atoms with Crippen LogP contribution >= 0.6 is 0 Å². The fourth-order valence-electron chi connectivity index (χ4n) is 3.58. The summed E-state index contributed by atoms with van der Waals surface area (Å²) in [5, 5.41) is 14.8. The van der Waals surface area contributed by atoms with Crippen molar-refractivity contribution in [2.75, 3.05) is 13.2 Å². The summed E-state index contributed by atoms with van der Waals surface area (Å²) < 4.78 is 5.50. The Hall–Kier alpha value is -2.80. The molecular weight excluding hydrogens is 322 g/mol. The lowest BCUT2D eigenvalue weighted by atomic mass is 9.92. The predicted molar refractivity (Wildman–Crippen MR) is 89.4 cm³/mol. The van der Waals surface area contributed by atoms with Crippen molar-refractivity contribution in [1.29, 1.82) is 0 Å². The summed E-state index contributed by atoms with van der Waals surface area (Å²) in [7, 11) is 0. The molecule has 0 aromatic rings. The van der Waals surface area contributed by atoms with Crippen LogP contribution in [0.1, 0.15) is 12.8 Å². The Balaban J connectivity index is 1.76. The van der Waals surface area contributed by atoms with Crippen LogP contribution in [0.25, 0.3) is 0 Å². The van der Waals surface area contributed by atoms with Crippen LogP contribution in [-0.4, -0.2) is 47.2 Å². The van der Waals surface area contributed by atoms with Gasteiger partial charge in [0.25, 0.3) is 11.8 Å². The number of aliphatic hydroxyl groups excluding tert-OH is 1. The molecular formula is C18H19N3O4. The third kappa shape index (κ3) is 2.56. The number of carbonyl (C=O) groups excluding carboxylic acids is 2. The standard InChI is InChI=1S/C18H19N3O4/c22-8-3-7-21-10-12(11-4-1-6-19-16(11)21)14-15(13-5-2-9-25-13)18(24)20-17(14)23/h1-2,4,6,9-10,13,16,19,22H,3,5,7-8H2,(H,20,23,24). The number of hydrogen-bond donors (Lipinski definition) is 3. The fourth-order valence-corrected chi connectivity index (χ4v) is 3.58. The lowest BCUT2D eigenvalue weighted by molar-refractivity contribution is -0.124. The maximum atomic E-state index is 12.5. The summed E-state index contributed by atoms with van der Waals surface area (Å²) in [4.78, 5) is 26.9. The van der Waals surface area contributed by atoms with E-state index in [4.69, 9.17) is 9.84 Å². The minimum atomic E-state index is -0.431. The summed E-state index contributed by atoms with van der Waals surface area (Å²) >= 11 is 0. The topological polar surface area (TPSA) is 90.9 Å². The second-order valence-corrected chi connectivity index (χ2v) is 6.21. The van der Waals surface area contributed by atoms with Crippen molar-refractivity contribution in [1.82, 2.24) is 15.5 Å². The lowest BCUT2D eigenvalue weighted by Crippen LogP contribution is -2.40. The molecule has 3 N–H and O–H groups in total. The van der Waals surface area contributed by atoms with Gasteiger partial charge in [-0.15, -0.1) is 0 Å². The first kappa shape index (κ1) is 15.7. The Bertz CT molecular complexity index is 767. The van der Waals surface area contributed by atoms with E-state index in [-0.39, 0.29) is 24.6 Å². The van der Waals surface area contributed by atoms with Crippen molar-refractivity contribution >= 4 is 11.8 Å². The number of hydrogen-bond acceptors (Lipinski definition) is 6. The Morgan fingerprint density at radius 3 is 2.96 bits per heavy atom. The zero-order valence-electron chi connectivity index (χ0n) is 13.6. The smallest absolute Gasteiger partial charge is 0.259 e. The molecule has 4 heterocycles. The maximum Gasteiger partial charge on any atom is 0.259 e. The minimum absolute atomic E-state index is 0.0930. The van der Waals surface area contributed by atoms with Gasteiger partial charge in [0.2, 0.25) is 0 Å². The van der Waals surface area contributed by atoms with Crippen molar-refractivity contribution in [3.05, 3.63) is 59.2 Å². The minimum Gasteiger partial charge on any atom is -0.493 e. The van der Waals surface area contributed by atoms with Crippen molar-refractivity contribution in [3.63, 3.8) is 0 Å². The Morgan fingerprint density at radius 1 is 1.32 bits per heavy atom. The van der Waals surface area contributed by atoms with Gasteiger partial charge >= 0.3 is 0 Å². The fraction of sp³-hybridized carbons (Fsp3) is 0.333. The highest BCUT2D eigenvalue weighted by Gasteiger charge is 2.42. The number of allylic oxidation sites excluding steroid dienone is 2. The normalized spacial score (nSPS) is 27.2. The first-order valence-corrected chi connectivity index (χ1v) is 8.33. The SMILES string of the molecule is O=C1NC(=O)C(C2CC=CO2)=C1C1=CN(CCCO)C2NC=CC=C12. The number of imide groups is 1. The molecule has 0 saturated heterocycles. The van der Waals surface area contributed by atoms with Gasteiger partial charge in [-0.2, -0.15) is 0 Å². The van der Waals surface area contributed by atoms with Crippen LogP contribution in [0.15, 0.2) is 59.2 Å². The summed E-state index contributed by atoms with van der Waals surface area (Å²) in [5.74, 6) is -0.778. The van der Waals surface area contributed by atoms with Crippen LogP contribution in [-0.2, 0) is 14.3 Å². The van der Waals surface area contributed by atoms with Crippen LogP contribution in [0.4, 0.5) is 0 Å². The van der Waals surface area contributed by atoms with Crippen LogP contribution in [0.5, 0.6) is 0 Å². The van der Waals surface area contributed by atoms with Gasteiger partial charge in [0.15, 0.2) is 0 Å². The van der Waals surface area contributed by atoms with Gasteiger partial charge < -0.3 is 20.1 Å². The van der Waals surface area contributed by atoms with Gasteiger partial charge in [0, 0.05) is 36.9 Å². The highest BCUT2D eigenvalue weighted by molar-refractivity contribution is 6.22. The summed E-state index contributed by atoms with van der Waals surface area (Å²) in [6.45, 7) is 0.734. The third-order valence-electron chi connectivity index (χ3n) is 4.68. The number of nitrogens with zero attached hydrogens (tertiary/aromatic N) is 1. The number of fused-ring (bicyclic) bond motifs is 1. The molecule has 0 spiro atoms. The number of dihydropyridines is 1. The molecule has 130 valence electrons. The second kappa shape index (κ2) is 6.25. The van der Waals surface area contributed by atoms with E-state index < -0.39 is 6.10 Å². The lowest BCUT2D eigenvalue weighted by Gasteiger charge is -2.28. The van der Waals surface area contributed by atoms with Crippen molar-refractivity contribution < 1.29 is 19.4 Å². The van der Waals surface area contributed by atoms with E-state index in [0.29, 0.717) is 30.5 Å². The molecule has 0 radical (unpaired) electrons. The largest absolute Gasteiger partial charge is 0.493 e. The van der Waals surface area contributed by atoms with Gasteiger partial charge in [0.1, 0.15) is 12.3 Å². The molecule has 7 nitrogen and oxygen atoms in total. The molecule has 0 saturated carbocycles. The molecule has 4 aliphatic heterocycles. The Kier molecular flexibility index (Phi) is 3.93. The van der Waals surface area contributed by atoms with E-state index in [1.54, 1.807) is 6.26 Å². The van der Waals surface area contributed by atoms with Gasteiger partial charge in [-0.05, 0) is 24.8 Å². The van der Waals surface area contributed by atoms with E-state index in [0.717, 1.165) is 11.1 Å². The summed E-state index contributed by atoms with van der Waals surface area (Å²) in [6.07, 6.45) is 11.6. The molecule has 2 amide bonds. The number of rotatable bonds is 5. The molecule has 0 fully saturated rings. The molecule has 0 aliphatic carbocycles. The molecule has 2 atom stereocenters. The monoisotopic (exact) mass is 341 g/mol. The van der Waals surface area contributed by atoms with Gasteiger partial charge in [-0.3, -0.25) is 14.9 Å². The molecule has 0 aromatic carbocycles. The highest BCUT2D eigenvalue weighted by atomic mass is 16.5. The number of nitrogens with one attached hydrogen (secondary N) is 2. The summed E-state index contributed by atoms with van der Waals surface area (Å²) in [5.41, 5.74) is 2.44. The number of aliphatic hydroxyl groups is 1. The van der Waals surface area contributed by atoms with Crippen molar-refractivity contribution in [2.45, 2.75) is 25.1 Å². The molecule has 0 aromatic heterocycles. The van der Waals surface area contributed by atoms with E-state index in [1.807, 2.05) is 35.5 Å². The zero-order valence-corrected chi connectivity index (χ0v) is 13.6. The Labute approximate surface area is 145 Å². The second-order valence-electron chi connectivity index (χ2n) is 6.21. The predicted octanol–water partition coefficient (Wildman–Crippen LogP) is 0.193. The average molecular weight is 341 g/mol.